The zero-order chi connectivity index (χ0) is 18.9. The Bertz CT molecular complexity index is 1010. The van der Waals surface area contributed by atoms with Gasteiger partial charge in [-0.3, -0.25) is 0 Å². The van der Waals surface area contributed by atoms with Crippen molar-refractivity contribution in [3.63, 3.8) is 0 Å². The quantitative estimate of drug-likeness (QED) is 0.525. The standard InChI is InChI=1S/C24H28N2/c1-15-21(16-11-9-8-10-12-16)26-20-14-18-17(13-19(20)25-15)22(2,3)24(6,7)23(18,4)5/h8-14H,1-7H3. The van der Waals surface area contributed by atoms with Crippen molar-refractivity contribution in [2.45, 2.75) is 59.3 Å². The van der Waals surface area contributed by atoms with E-state index in [2.05, 4.69) is 84.9 Å². The molecule has 1 aromatic heterocycles. The van der Waals surface area contributed by atoms with Crippen LogP contribution in [0.1, 0.15) is 58.4 Å². The first-order valence-corrected chi connectivity index (χ1v) is 9.46. The predicted octanol–water partition coefficient (Wildman–Crippen LogP) is 6.20. The van der Waals surface area contributed by atoms with Crippen LogP contribution in [-0.4, -0.2) is 9.97 Å². The van der Waals surface area contributed by atoms with E-state index >= 15 is 0 Å². The summed E-state index contributed by atoms with van der Waals surface area (Å²) in [5, 5.41) is 0. The second kappa shape index (κ2) is 5.16. The molecule has 0 unspecified atom stereocenters. The van der Waals surface area contributed by atoms with Crippen molar-refractivity contribution in [3.05, 3.63) is 59.3 Å². The van der Waals surface area contributed by atoms with Crippen LogP contribution in [0, 0.1) is 12.3 Å². The van der Waals surface area contributed by atoms with E-state index in [0.29, 0.717) is 0 Å². The van der Waals surface area contributed by atoms with Crippen LogP contribution in [0.4, 0.5) is 0 Å². The van der Waals surface area contributed by atoms with Gasteiger partial charge in [0.1, 0.15) is 0 Å². The number of hydrogen-bond acceptors (Lipinski definition) is 2. The maximum absolute atomic E-state index is 5.02. The first-order valence-electron chi connectivity index (χ1n) is 9.46. The van der Waals surface area contributed by atoms with Gasteiger partial charge in [0.25, 0.3) is 0 Å². The van der Waals surface area contributed by atoms with Crippen molar-refractivity contribution >= 4 is 11.0 Å². The lowest BCUT2D eigenvalue weighted by Gasteiger charge is -2.44. The molecule has 0 saturated carbocycles. The third-order valence-corrected chi connectivity index (χ3v) is 7.50. The average molecular weight is 345 g/mol. The van der Waals surface area contributed by atoms with E-state index in [1.165, 1.54) is 11.1 Å². The zero-order valence-electron chi connectivity index (χ0n) is 16.9. The topological polar surface area (TPSA) is 25.8 Å². The summed E-state index contributed by atoms with van der Waals surface area (Å²) in [5.41, 5.74) is 8.24. The molecule has 0 amide bonds. The molecule has 0 fully saturated rings. The van der Waals surface area contributed by atoms with Gasteiger partial charge in [0.15, 0.2) is 0 Å². The Morgan fingerprint density at radius 2 is 1.19 bits per heavy atom. The molecule has 134 valence electrons. The Morgan fingerprint density at radius 3 is 1.73 bits per heavy atom. The lowest BCUT2D eigenvalue weighted by Crippen LogP contribution is -2.42. The van der Waals surface area contributed by atoms with Crippen LogP contribution in [0.15, 0.2) is 42.5 Å². The van der Waals surface area contributed by atoms with Crippen LogP contribution in [0.3, 0.4) is 0 Å². The molecule has 2 heteroatoms. The minimum absolute atomic E-state index is 0.0828. The minimum atomic E-state index is 0.0828. The molecule has 2 aromatic carbocycles. The maximum Gasteiger partial charge on any atom is 0.0922 e. The van der Waals surface area contributed by atoms with Crippen molar-refractivity contribution < 1.29 is 0 Å². The largest absolute Gasteiger partial charge is 0.249 e. The molecule has 3 aromatic rings. The van der Waals surface area contributed by atoms with Crippen molar-refractivity contribution in [1.82, 2.24) is 9.97 Å². The second-order valence-electron chi connectivity index (χ2n) is 9.29. The summed E-state index contributed by atoms with van der Waals surface area (Å²) < 4.78 is 0. The molecule has 4 rings (SSSR count). The SMILES string of the molecule is Cc1nc2cc3c(cc2nc1-c1ccccc1)C(C)(C)C(C)(C)C3(C)C. The highest BCUT2D eigenvalue weighted by Gasteiger charge is 2.56. The van der Waals surface area contributed by atoms with Crippen LogP contribution < -0.4 is 0 Å². The van der Waals surface area contributed by atoms with Gasteiger partial charge in [0, 0.05) is 5.56 Å². The molecule has 2 nitrogen and oxygen atoms in total. The zero-order valence-corrected chi connectivity index (χ0v) is 16.9. The van der Waals surface area contributed by atoms with Crippen LogP contribution >= 0.6 is 0 Å². The first kappa shape index (κ1) is 17.2. The van der Waals surface area contributed by atoms with Crippen LogP contribution in [0.25, 0.3) is 22.3 Å². The predicted molar refractivity (Wildman–Crippen MR) is 110 cm³/mol. The number of fused-ring (bicyclic) bond motifs is 2. The van der Waals surface area contributed by atoms with E-state index in [9.17, 15) is 0 Å². The molecule has 1 heterocycles. The summed E-state index contributed by atoms with van der Waals surface area (Å²) in [6.07, 6.45) is 0. The summed E-state index contributed by atoms with van der Waals surface area (Å²) >= 11 is 0. The van der Waals surface area contributed by atoms with Crippen LogP contribution in [-0.2, 0) is 10.8 Å². The van der Waals surface area contributed by atoms with E-state index in [1.807, 2.05) is 6.07 Å². The fourth-order valence-electron chi connectivity index (χ4n) is 4.55. The highest BCUT2D eigenvalue weighted by atomic mass is 14.8. The lowest BCUT2D eigenvalue weighted by molar-refractivity contribution is 0.125. The molecule has 0 bridgehead atoms. The molecule has 0 N–H and O–H groups in total. The van der Waals surface area contributed by atoms with Crippen molar-refractivity contribution in [2.24, 2.45) is 5.41 Å². The van der Waals surface area contributed by atoms with E-state index in [1.54, 1.807) is 0 Å². The normalized spacial score (nSPS) is 19.5. The molecular formula is C24H28N2. The molecule has 0 radical (unpaired) electrons. The highest BCUT2D eigenvalue weighted by Crippen LogP contribution is 2.61. The number of benzene rings is 2. The maximum atomic E-state index is 5.02. The first-order chi connectivity index (χ1) is 12.1. The lowest BCUT2D eigenvalue weighted by atomic mass is 9.59. The Hall–Kier alpha value is -2.22. The Morgan fingerprint density at radius 1 is 0.692 bits per heavy atom. The van der Waals surface area contributed by atoms with Gasteiger partial charge in [0.05, 0.1) is 22.4 Å². The summed E-state index contributed by atoms with van der Waals surface area (Å²) in [6.45, 7) is 16.3. The summed E-state index contributed by atoms with van der Waals surface area (Å²) in [6, 6.07) is 14.9. The number of rotatable bonds is 1. The Balaban J connectivity index is 2.01. The summed E-state index contributed by atoms with van der Waals surface area (Å²) in [5.74, 6) is 0. The highest BCUT2D eigenvalue weighted by molar-refractivity contribution is 5.81. The average Bonchev–Trinajstić information content (AvgIpc) is 2.69. The van der Waals surface area contributed by atoms with Crippen molar-refractivity contribution in [2.75, 3.05) is 0 Å². The fraction of sp³-hybridized carbons (Fsp3) is 0.417. The van der Waals surface area contributed by atoms with E-state index in [4.69, 9.17) is 9.97 Å². The third-order valence-electron chi connectivity index (χ3n) is 7.50. The van der Waals surface area contributed by atoms with Gasteiger partial charge in [-0.15, -0.1) is 0 Å². The monoisotopic (exact) mass is 344 g/mol. The third kappa shape index (κ3) is 2.05. The van der Waals surface area contributed by atoms with Gasteiger partial charge >= 0.3 is 0 Å². The Labute approximate surface area is 156 Å². The molecule has 1 aliphatic rings. The van der Waals surface area contributed by atoms with Gasteiger partial charge in [-0.1, -0.05) is 71.9 Å². The minimum Gasteiger partial charge on any atom is -0.249 e. The molecule has 0 aliphatic heterocycles. The number of aryl methyl sites for hydroxylation is 1. The van der Waals surface area contributed by atoms with Gasteiger partial charge < -0.3 is 0 Å². The van der Waals surface area contributed by atoms with Gasteiger partial charge in [-0.25, -0.2) is 9.97 Å². The van der Waals surface area contributed by atoms with E-state index < -0.39 is 0 Å². The molecule has 0 spiro atoms. The number of hydrogen-bond donors (Lipinski definition) is 0. The van der Waals surface area contributed by atoms with Gasteiger partial charge in [-0.2, -0.15) is 0 Å². The molecular weight excluding hydrogens is 316 g/mol. The van der Waals surface area contributed by atoms with Crippen LogP contribution in [0.5, 0.6) is 0 Å². The molecule has 0 saturated heterocycles. The van der Waals surface area contributed by atoms with E-state index in [-0.39, 0.29) is 16.2 Å². The molecule has 26 heavy (non-hydrogen) atoms. The van der Waals surface area contributed by atoms with Gasteiger partial charge in [0.2, 0.25) is 0 Å². The number of aromatic nitrogens is 2. The summed E-state index contributed by atoms with van der Waals surface area (Å²) in [4.78, 5) is 9.95. The second-order valence-corrected chi connectivity index (χ2v) is 9.29. The number of nitrogens with zero attached hydrogens (tertiary/aromatic N) is 2. The smallest absolute Gasteiger partial charge is 0.0922 e. The van der Waals surface area contributed by atoms with Crippen LogP contribution in [0.2, 0.25) is 0 Å². The summed E-state index contributed by atoms with van der Waals surface area (Å²) in [7, 11) is 0. The van der Waals surface area contributed by atoms with Gasteiger partial charge in [-0.05, 0) is 46.4 Å². The van der Waals surface area contributed by atoms with Crippen molar-refractivity contribution in [1.29, 1.82) is 0 Å². The molecule has 0 atom stereocenters. The van der Waals surface area contributed by atoms with Crippen molar-refractivity contribution in [3.8, 4) is 11.3 Å². The Kier molecular flexibility index (Phi) is 3.41. The fourth-order valence-corrected chi connectivity index (χ4v) is 4.55. The van der Waals surface area contributed by atoms with E-state index in [0.717, 1.165) is 28.0 Å². The molecule has 1 aliphatic carbocycles.